The van der Waals surface area contributed by atoms with E-state index in [0.29, 0.717) is 18.1 Å². The van der Waals surface area contributed by atoms with Gasteiger partial charge in [0.2, 0.25) is 0 Å². The van der Waals surface area contributed by atoms with Gasteiger partial charge >= 0.3 is 0 Å². The number of hydrogen-bond acceptors (Lipinski definition) is 4. The summed E-state index contributed by atoms with van der Waals surface area (Å²) in [5.74, 6) is -0.649. The van der Waals surface area contributed by atoms with E-state index in [1.54, 1.807) is 6.92 Å². The quantitative estimate of drug-likeness (QED) is 0.592. The summed E-state index contributed by atoms with van der Waals surface area (Å²) in [5, 5.41) is 3.96. The molecular weight excluding hydrogens is 450 g/mol. The molecule has 9 heteroatoms. The molecule has 3 rings (SSSR count). The van der Waals surface area contributed by atoms with Crippen molar-refractivity contribution in [3.05, 3.63) is 58.3 Å². The molecule has 2 aromatic carbocycles. The average Bonchev–Trinajstić information content (AvgIpc) is 2.72. The Morgan fingerprint density at radius 2 is 1.90 bits per heavy atom. The second-order valence-electron chi connectivity index (χ2n) is 7.33. The van der Waals surface area contributed by atoms with Crippen LogP contribution in [0.5, 0.6) is 0 Å². The van der Waals surface area contributed by atoms with Gasteiger partial charge in [-0.2, -0.15) is 0 Å². The number of morpholine rings is 1. The number of halogens is 3. The molecule has 0 amide bonds. The summed E-state index contributed by atoms with van der Waals surface area (Å²) in [6, 6.07) is 9.26. The lowest BCUT2D eigenvalue weighted by atomic mass is 10.1. The molecule has 0 radical (unpaired) electrons. The van der Waals surface area contributed by atoms with E-state index < -0.39 is 21.9 Å². The highest BCUT2D eigenvalue weighted by Crippen LogP contribution is 2.32. The predicted molar refractivity (Wildman–Crippen MR) is 118 cm³/mol. The first-order chi connectivity index (χ1) is 14.3. The van der Waals surface area contributed by atoms with E-state index in [9.17, 15) is 12.8 Å². The van der Waals surface area contributed by atoms with Crippen molar-refractivity contribution in [3.63, 3.8) is 0 Å². The Hall–Kier alpha value is -1.38. The average molecular weight is 475 g/mol. The summed E-state index contributed by atoms with van der Waals surface area (Å²) in [5.41, 5.74) is -0.0690. The Bertz CT molecular complexity index is 951. The van der Waals surface area contributed by atoms with Crippen molar-refractivity contribution in [2.45, 2.75) is 43.2 Å². The van der Waals surface area contributed by atoms with Crippen LogP contribution in [-0.2, 0) is 14.8 Å². The van der Waals surface area contributed by atoms with Gasteiger partial charge < -0.3 is 10.1 Å². The van der Waals surface area contributed by atoms with Gasteiger partial charge in [-0.25, -0.2) is 12.8 Å². The summed E-state index contributed by atoms with van der Waals surface area (Å²) in [4.78, 5) is 0.0398. The first-order valence-corrected chi connectivity index (χ1v) is 12.1. The van der Waals surface area contributed by atoms with E-state index in [1.165, 1.54) is 42.5 Å². The van der Waals surface area contributed by atoms with Crippen molar-refractivity contribution in [2.75, 3.05) is 24.0 Å². The maximum absolute atomic E-state index is 14.7. The molecule has 1 heterocycles. The Morgan fingerprint density at radius 3 is 2.57 bits per heavy atom. The third-order valence-electron chi connectivity index (χ3n) is 5.07. The van der Waals surface area contributed by atoms with Gasteiger partial charge in [0.25, 0.3) is 10.0 Å². The van der Waals surface area contributed by atoms with E-state index in [4.69, 9.17) is 27.9 Å². The molecule has 1 fully saturated rings. The summed E-state index contributed by atoms with van der Waals surface area (Å²) >= 11 is 12.0. The van der Waals surface area contributed by atoms with Gasteiger partial charge in [0.1, 0.15) is 5.82 Å². The number of ether oxygens (including phenoxy) is 1. The zero-order chi connectivity index (χ0) is 21.7. The van der Waals surface area contributed by atoms with Crippen LogP contribution >= 0.6 is 23.2 Å². The van der Waals surface area contributed by atoms with Crippen LogP contribution in [0, 0.1) is 5.82 Å². The standard InChI is InChI=1S/C21H25Cl2FN2O3S/c1-15(3-2-4-18-14-25-11-12-29-18)26(21-13-17(23)7-10-20(21)24)30(27,28)19-8-5-16(22)6-9-19/h5-10,13,15,18,25H,2-4,11-12,14H2,1H3/t15-,18?/m1/s1. The lowest BCUT2D eigenvalue weighted by molar-refractivity contribution is 0.0220. The van der Waals surface area contributed by atoms with Gasteiger partial charge in [0, 0.05) is 29.2 Å². The molecule has 2 aromatic rings. The third kappa shape index (κ3) is 5.65. The summed E-state index contributed by atoms with van der Waals surface area (Å²) in [7, 11) is -4.03. The largest absolute Gasteiger partial charge is 0.376 e. The van der Waals surface area contributed by atoms with Crippen LogP contribution in [0.1, 0.15) is 26.2 Å². The number of nitrogens with zero attached hydrogens (tertiary/aromatic N) is 1. The van der Waals surface area contributed by atoms with Gasteiger partial charge in [-0.3, -0.25) is 4.31 Å². The van der Waals surface area contributed by atoms with Crippen LogP contribution in [0.15, 0.2) is 47.4 Å². The molecule has 2 atom stereocenters. The lowest BCUT2D eigenvalue weighted by Crippen LogP contribution is -2.40. The Labute approximate surface area is 187 Å². The number of rotatable bonds is 8. The SMILES string of the molecule is C[C@H](CCCC1CNCCO1)N(c1cc(Cl)ccc1F)S(=O)(=O)c1ccc(Cl)cc1. The molecule has 0 bridgehead atoms. The number of benzene rings is 2. The molecule has 1 aliphatic heterocycles. The minimum absolute atomic E-state index is 0.0398. The highest BCUT2D eigenvalue weighted by Gasteiger charge is 2.31. The van der Waals surface area contributed by atoms with Gasteiger partial charge in [-0.1, -0.05) is 23.2 Å². The van der Waals surface area contributed by atoms with Crippen LogP contribution < -0.4 is 9.62 Å². The smallest absolute Gasteiger partial charge is 0.264 e. The minimum Gasteiger partial charge on any atom is -0.376 e. The third-order valence-corrected chi connectivity index (χ3v) is 7.50. The zero-order valence-corrected chi connectivity index (χ0v) is 19.0. The second kappa shape index (κ2) is 10.3. The molecule has 0 aromatic heterocycles. The predicted octanol–water partition coefficient (Wildman–Crippen LogP) is 4.88. The van der Waals surface area contributed by atoms with Crippen molar-refractivity contribution in [3.8, 4) is 0 Å². The van der Waals surface area contributed by atoms with Gasteiger partial charge in [0.05, 0.1) is 23.3 Å². The van der Waals surface area contributed by atoms with Crippen LogP contribution in [0.4, 0.5) is 10.1 Å². The highest BCUT2D eigenvalue weighted by molar-refractivity contribution is 7.92. The zero-order valence-electron chi connectivity index (χ0n) is 16.7. The Morgan fingerprint density at radius 1 is 1.20 bits per heavy atom. The normalized spacial score (nSPS) is 18.2. The maximum atomic E-state index is 14.7. The molecule has 1 aliphatic rings. The van der Waals surface area contributed by atoms with Crippen molar-refractivity contribution >= 4 is 38.9 Å². The fourth-order valence-electron chi connectivity index (χ4n) is 3.54. The van der Waals surface area contributed by atoms with Crippen LogP contribution in [0.2, 0.25) is 10.0 Å². The molecule has 5 nitrogen and oxygen atoms in total. The van der Waals surface area contributed by atoms with Gasteiger partial charge in [-0.15, -0.1) is 0 Å². The van der Waals surface area contributed by atoms with Crippen molar-refractivity contribution in [1.29, 1.82) is 0 Å². The van der Waals surface area contributed by atoms with Crippen molar-refractivity contribution < 1.29 is 17.5 Å². The van der Waals surface area contributed by atoms with E-state index in [1.807, 2.05) is 0 Å². The number of hydrogen-bond donors (Lipinski definition) is 1. The lowest BCUT2D eigenvalue weighted by Gasteiger charge is -2.31. The summed E-state index contributed by atoms with van der Waals surface area (Å²) in [6.45, 7) is 4.07. The van der Waals surface area contributed by atoms with Crippen LogP contribution in [0.3, 0.4) is 0 Å². The molecular formula is C21H25Cl2FN2O3S. The molecule has 30 heavy (non-hydrogen) atoms. The Kier molecular flexibility index (Phi) is 7.98. The van der Waals surface area contributed by atoms with Gasteiger partial charge in [0.15, 0.2) is 0 Å². The number of sulfonamides is 1. The second-order valence-corrected chi connectivity index (χ2v) is 10.0. The van der Waals surface area contributed by atoms with Gasteiger partial charge in [-0.05, 0) is 68.7 Å². The topological polar surface area (TPSA) is 58.6 Å². The fourth-order valence-corrected chi connectivity index (χ4v) is 5.52. The van der Waals surface area contributed by atoms with Crippen LogP contribution in [0.25, 0.3) is 0 Å². The first kappa shape index (κ1) is 23.3. The maximum Gasteiger partial charge on any atom is 0.264 e. The van der Waals surface area contributed by atoms with Crippen LogP contribution in [-0.4, -0.2) is 40.3 Å². The summed E-state index contributed by atoms with van der Waals surface area (Å²) < 4.78 is 48.4. The first-order valence-electron chi connectivity index (χ1n) is 9.86. The minimum atomic E-state index is -4.03. The molecule has 164 valence electrons. The van der Waals surface area contributed by atoms with E-state index in [0.717, 1.165) is 30.2 Å². The highest BCUT2D eigenvalue weighted by atomic mass is 35.5. The fraction of sp³-hybridized carbons (Fsp3) is 0.429. The number of nitrogens with one attached hydrogen (secondary N) is 1. The monoisotopic (exact) mass is 474 g/mol. The molecule has 1 saturated heterocycles. The van der Waals surface area contributed by atoms with E-state index in [2.05, 4.69) is 5.32 Å². The van der Waals surface area contributed by atoms with E-state index >= 15 is 0 Å². The molecule has 0 aliphatic carbocycles. The molecule has 1 unspecified atom stereocenters. The molecule has 0 spiro atoms. The number of anilines is 1. The molecule has 0 saturated carbocycles. The summed E-state index contributed by atoms with van der Waals surface area (Å²) in [6.07, 6.45) is 2.18. The molecule has 1 N–H and O–H groups in total. The Balaban J connectivity index is 1.87. The van der Waals surface area contributed by atoms with E-state index in [-0.39, 0.29) is 21.7 Å². The van der Waals surface area contributed by atoms with Crippen molar-refractivity contribution in [1.82, 2.24) is 5.32 Å². The van der Waals surface area contributed by atoms with Crippen molar-refractivity contribution in [2.24, 2.45) is 0 Å².